The van der Waals surface area contributed by atoms with Crippen LogP contribution >= 0.6 is 11.8 Å². The first-order chi connectivity index (χ1) is 8.47. The van der Waals surface area contributed by atoms with Gasteiger partial charge in [-0.3, -0.25) is 0 Å². The summed E-state index contributed by atoms with van der Waals surface area (Å²) in [5.74, 6) is -0.893. The molecule has 2 N–H and O–H groups in total. The Morgan fingerprint density at radius 3 is 2.72 bits per heavy atom. The van der Waals surface area contributed by atoms with Crippen molar-refractivity contribution >= 4 is 23.8 Å². The maximum absolute atomic E-state index is 12.1. The van der Waals surface area contributed by atoms with Crippen LogP contribution in [0.15, 0.2) is 0 Å². The van der Waals surface area contributed by atoms with Crippen molar-refractivity contribution in [2.75, 3.05) is 19.3 Å². The van der Waals surface area contributed by atoms with E-state index in [9.17, 15) is 14.7 Å². The fraction of sp³-hybridized carbons (Fsp3) is 0.833. The number of hydrogen-bond donors (Lipinski definition) is 2. The van der Waals surface area contributed by atoms with E-state index in [4.69, 9.17) is 0 Å². The van der Waals surface area contributed by atoms with Gasteiger partial charge in [0.2, 0.25) is 0 Å². The molecule has 1 fully saturated rings. The number of thioether (sulfide) groups is 1. The smallest absolute Gasteiger partial charge is 0.329 e. The van der Waals surface area contributed by atoms with Gasteiger partial charge >= 0.3 is 12.0 Å². The standard InChI is InChI=1S/C12H22N2O3S/c1-4-12(10(15)16)6-5-7-14(12)11(17)13-8-9(2)18-3/h9H,4-8H2,1-3H3,(H,13,17)(H,15,16). The molecule has 2 atom stereocenters. The van der Waals surface area contributed by atoms with Gasteiger partial charge in [0.1, 0.15) is 5.54 Å². The minimum absolute atomic E-state index is 0.252. The highest BCUT2D eigenvalue weighted by atomic mass is 32.2. The molecule has 0 radical (unpaired) electrons. The van der Waals surface area contributed by atoms with Crippen molar-refractivity contribution in [1.82, 2.24) is 10.2 Å². The molecule has 6 heteroatoms. The van der Waals surface area contributed by atoms with Crippen LogP contribution in [0.2, 0.25) is 0 Å². The van der Waals surface area contributed by atoms with Crippen LogP contribution in [-0.2, 0) is 4.79 Å². The molecule has 1 heterocycles. The summed E-state index contributed by atoms with van der Waals surface area (Å²) in [4.78, 5) is 25.0. The molecule has 0 spiro atoms. The van der Waals surface area contributed by atoms with Crippen molar-refractivity contribution in [2.45, 2.75) is 43.9 Å². The predicted octanol–water partition coefficient (Wildman–Crippen LogP) is 1.78. The van der Waals surface area contributed by atoms with Gasteiger partial charge in [-0.15, -0.1) is 0 Å². The number of rotatable bonds is 5. The van der Waals surface area contributed by atoms with Crippen LogP contribution in [0, 0.1) is 0 Å². The molecule has 0 saturated carbocycles. The lowest BCUT2D eigenvalue weighted by Crippen LogP contribution is -2.56. The fourth-order valence-corrected chi connectivity index (χ4v) is 2.58. The molecule has 5 nitrogen and oxygen atoms in total. The Morgan fingerprint density at radius 2 is 2.22 bits per heavy atom. The van der Waals surface area contributed by atoms with Gasteiger partial charge in [-0.05, 0) is 25.5 Å². The van der Waals surface area contributed by atoms with E-state index >= 15 is 0 Å². The highest BCUT2D eigenvalue weighted by Crippen LogP contribution is 2.32. The Bertz CT molecular complexity index is 324. The minimum atomic E-state index is -1.01. The Kier molecular flexibility index (Phi) is 5.31. The maximum Gasteiger partial charge on any atom is 0.329 e. The zero-order valence-electron chi connectivity index (χ0n) is 11.2. The highest BCUT2D eigenvalue weighted by Gasteiger charge is 2.48. The number of amides is 2. The number of hydrogen-bond acceptors (Lipinski definition) is 3. The molecule has 0 aromatic rings. The van der Waals surface area contributed by atoms with Crippen LogP contribution in [0.5, 0.6) is 0 Å². The van der Waals surface area contributed by atoms with Crippen LogP contribution in [0.25, 0.3) is 0 Å². The maximum atomic E-state index is 12.1. The number of aliphatic carboxylic acids is 1. The first-order valence-electron chi connectivity index (χ1n) is 6.29. The van der Waals surface area contributed by atoms with Crippen LogP contribution in [-0.4, -0.2) is 52.1 Å². The second-order valence-electron chi connectivity index (χ2n) is 4.68. The molecule has 0 aliphatic carbocycles. The second kappa shape index (κ2) is 6.31. The first-order valence-corrected chi connectivity index (χ1v) is 7.58. The number of carbonyl (C=O) groups excluding carboxylic acids is 1. The fourth-order valence-electron chi connectivity index (χ4n) is 2.33. The van der Waals surface area contributed by atoms with Gasteiger partial charge in [0.15, 0.2) is 0 Å². The molecule has 1 rings (SSSR count). The van der Waals surface area contributed by atoms with Gasteiger partial charge in [0, 0.05) is 18.3 Å². The zero-order valence-corrected chi connectivity index (χ0v) is 12.0. The van der Waals surface area contributed by atoms with Crippen LogP contribution in [0.1, 0.15) is 33.1 Å². The Balaban J connectivity index is 2.69. The zero-order chi connectivity index (χ0) is 13.8. The molecular weight excluding hydrogens is 252 g/mol. The molecule has 2 amide bonds. The van der Waals surface area contributed by atoms with E-state index in [0.717, 1.165) is 6.42 Å². The third-order valence-corrected chi connectivity index (χ3v) is 4.63. The average molecular weight is 274 g/mol. The van der Waals surface area contributed by atoms with E-state index in [-0.39, 0.29) is 6.03 Å². The van der Waals surface area contributed by atoms with Crippen molar-refractivity contribution in [3.05, 3.63) is 0 Å². The summed E-state index contributed by atoms with van der Waals surface area (Å²) in [5.41, 5.74) is -1.01. The van der Waals surface area contributed by atoms with E-state index in [1.54, 1.807) is 11.8 Å². The molecule has 1 aliphatic heterocycles. The van der Waals surface area contributed by atoms with Gasteiger partial charge in [0.25, 0.3) is 0 Å². The third-order valence-electron chi connectivity index (χ3n) is 3.66. The normalized spacial score (nSPS) is 24.9. The SMILES string of the molecule is CCC1(C(=O)O)CCCN1C(=O)NCC(C)SC. The summed E-state index contributed by atoms with van der Waals surface area (Å²) in [5, 5.41) is 12.5. The number of urea groups is 1. The van der Waals surface area contributed by atoms with Gasteiger partial charge in [-0.1, -0.05) is 13.8 Å². The quantitative estimate of drug-likeness (QED) is 0.801. The van der Waals surface area contributed by atoms with E-state index in [2.05, 4.69) is 5.32 Å². The Labute approximate surface area is 112 Å². The summed E-state index contributed by atoms with van der Waals surface area (Å²) in [6.45, 7) is 4.94. The number of nitrogens with one attached hydrogen (secondary N) is 1. The topological polar surface area (TPSA) is 69.6 Å². The largest absolute Gasteiger partial charge is 0.479 e. The van der Waals surface area contributed by atoms with Gasteiger partial charge in [-0.25, -0.2) is 9.59 Å². The van der Waals surface area contributed by atoms with Gasteiger partial charge in [-0.2, -0.15) is 11.8 Å². The molecule has 2 unspecified atom stereocenters. The monoisotopic (exact) mass is 274 g/mol. The summed E-state index contributed by atoms with van der Waals surface area (Å²) in [6, 6.07) is -0.252. The van der Waals surface area contributed by atoms with Crippen molar-refractivity contribution in [1.29, 1.82) is 0 Å². The highest BCUT2D eigenvalue weighted by molar-refractivity contribution is 7.99. The Morgan fingerprint density at radius 1 is 1.56 bits per heavy atom. The molecular formula is C12H22N2O3S. The third kappa shape index (κ3) is 2.91. The molecule has 0 bridgehead atoms. The lowest BCUT2D eigenvalue weighted by atomic mass is 9.93. The number of carboxylic acids is 1. The first kappa shape index (κ1) is 15.1. The molecule has 18 heavy (non-hydrogen) atoms. The van der Waals surface area contributed by atoms with Gasteiger partial charge < -0.3 is 15.3 Å². The number of likely N-dealkylation sites (tertiary alicyclic amines) is 1. The van der Waals surface area contributed by atoms with Crippen molar-refractivity contribution in [2.24, 2.45) is 0 Å². The van der Waals surface area contributed by atoms with Crippen LogP contribution < -0.4 is 5.32 Å². The molecule has 0 aromatic carbocycles. The van der Waals surface area contributed by atoms with E-state index < -0.39 is 11.5 Å². The number of carbonyl (C=O) groups is 2. The van der Waals surface area contributed by atoms with Crippen molar-refractivity contribution in [3.63, 3.8) is 0 Å². The Hall–Kier alpha value is -0.910. The number of carboxylic acid groups (broad SMARTS) is 1. The summed E-state index contributed by atoms with van der Waals surface area (Å²) >= 11 is 1.67. The number of nitrogens with zero attached hydrogens (tertiary/aromatic N) is 1. The molecule has 1 saturated heterocycles. The summed E-state index contributed by atoms with van der Waals surface area (Å²) < 4.78 is 0. The second-order valence-corrected chi connectivity index (χ2v) is 5.95. The summed E-state index contributed by atoms with van der Waals surface area (Å²) in [7, 11) is 0. The predicted molar refractivity (Wildman–Crippen MR) is 73.0 cm³/mol. The van der Waals surface area contributed by atoms with Crippen LogP contribution in [0.4, 0.5) is 4.79 Å². The lowest BCUT2D eigenvalue weighted by molar-refractivity contribution is -0.148. The molecule has 104 valence electrons. The molecule has 1 aliphatic rings. The molecule has 0 aromatic heterocycles. The van der Waals surface area contributed by atoms with Crippen LogP contribution in [0.3, 0.4) is 0 Å². The lowest BCUT2D eigenvalue weighted by Gasteiger charge is -2.34. The van der Waals surface area contributed by atoms with E-state index in [1.807, 2.05) is 20.1 Å². The van der Waals surface area contributed by atoms with E-state index in [1.165, 1.54) is 4.90 Å². The van der Waals surface area contributed by atoms with Gasteiger partial charge in [0.05, 0.1) is 0 Å². The minimum Gasteiger partial charge on any atom is -0.479 e. The van der Waals surface area contributed by atoms with Crippen molar-refractivity contribution < 1.29 is 14.7 Å². The average Bonchev–Trinajstić information content (AvgIpc) is 2.80. The van der Waals surface area contributed by atoms with Crippen molar-refractivity contribution in [3.8, 4) is 0 Å². The van der Waals surface area contributed by atoms with E-state index in [0.29, 0.717) is 31.2 Å². The summed E-state index contributed by atoms with van der Waals surface area (Å²) in [6.07, 6.45) is 3.74.